The minimum atomic E-state index is -4.00. The summed E-state index contributed by atoms with van der Waals surface area (Å²) in [7, 11) is 0. The number of hydrogen-bond donors (Lipinski definition) is 4. The summed E-state index contributed by atoms with van der Waals surface area (Å²) in [5.41, 5.74) is 6.57. The average Bonchev–Trinajstić information content (AvgIpc) is 2.72. The third kappa shape index (κ3) is 10.5. The number of carbonyl (C=O) groups is 2. The Bertz CT molecular complexity index is 672. The highest BCUT2D eigenvalue weighted by molar-refractivity contribution is 5.96. The van der Waals surface area contributed by atoms with E-state index in [0.29, 0.717) is 30.5 Å². The number of alkyl halides is 3. The van der Waals surface area contributed by atoms with Crippen molar-refractivity contribution >= 4 is 23.4 Å². The maximum absolute atomic E-state index is 11.9. The van der Waals surface area contributed by atoms with Crippen LogP contribution >= 0.6 is 0 Å². The molecule has 10 heteroatoms. The second-order valence-corrected chi connectivity index (χ2v) is 6.41. The van der Waals surface area contributed by atoms with Gasteiger partial charge in [-0.25, -0.2) is 0 Å². The maximum atomic E-state index is 11.9. The lowest BCUT2D eigenvalue weighted by molar-refractivity contribution is -0.149. The number of carbonyl (C=O) groups excluding carboxylic acids is 2. The quantitative estimate of drug-likeness (QED) is 0.342. The van der Waals surface area contributed by atoms with Gasteiger partial charge in [0, 0.05) is 24.6 Å². The summed E-state index contributed by atoms with van der Waals surface area (Å²) >= 11 is 0. The molecule has 1 aliphatic rings. The van der Waals surface area contributed by atoms with Crippen molar-refractivity contribution in [2.75, 3.05) is 5.32 Å². The van der Waals surface area contributed by atoms with E-state index in [9.17, 15) is 27.9 Å². The van der Waals surface area contributed by atoms with Crippen molar-refractivity contribution in [1.82, 2.24) is 0 Å². The van der Waals surface area contributed by atoms with E-state index in [1.807, 2.05) is 0 Å². The fraction of sp³-hybridized carbons (Fsp3) is 0.500. The Kier molecular flexibility index (Phi) is 8.90. The number of nitrogens with two attached hydrogens (primary N) is 1. The lowest BCUT2D eigenvalue weighted by Gasteiger charge is -2.14. The number of nitrogen functional groups attached to an aromatic ring is 1. The van der Waals surface area contributed by atoms with Gasteiger partial charge in [-0.3, -0.25) is 15.0 Å². The fourth-order valence-electron chi connectivity index (χ4n) is 2.42. The van der Waals surface area contributed by atoms with Gasteiger partial charge in [-0.2, -0.15) is 13.2 Å². The molecule has 1 aliphatic heterocycles. The molecule has 1 amide bonds. The number of nitrogens with one attached hydrogen (secondary N) is 2. The van der Waals surface area contributed by atoms with Gasteiger partial charge in [0.2, 0.25) is 5.91 Å². The Balaban J connectivity index is 0.000000696. The fourth-order valence-corrected chi connectivity index (χ4v) is 2.42. The van der Waals surface area contributed by atoms with Gasteiger partial charge in [0.1, 0.15) is 11.9 Å². The topological polar surface area (TPSA) is 126 Å². The van der Waals surface area contributed by atoms with Crippen LogP contribution in [0.25, 0.3) is 0 Å². The van der Waals surface area contributed by atoms with Gasteiger partial charge in [-0.05, 0) is 43.5 Å². The van der Waals surface area contributed by atoms with E-state index < -0.39 is 18.2 Å². The first-order valence-electron chi connectivity index (χ1n) is 8.62. The molecule has 1 aromatic rings. The van der Waals surface area contributed by atoms with Gasteiger partial charge < -0.3 is 20.9 Å². The Morgan fingerprint density at radius 1 is 1.32 bits per heavy atom. The largest absolute Gasteiger partial charge is 0.462 e. The number of esters is 1. The van der Waals surface area contributed by atoms with Crippen LogP contribution in [0.3, 0.4) is 0 Å². The van der Waals surface area contributed by atoms with E-state index in [2.05, 4.69) is 5.32 Å². The normalized spacial score (nSPS) is 19.5. The third-order valence-electron chi connectivity index (χ3n) is 3.70. The molecule has 0 radical (unpaired) electrons. The van der Waals surface area contributed by atoms with Crippen molar-refractivity contribution in [3.63, 3.8) is 0 Å². The van der Waals surface area contributed by atoms with Crippen LogP contribution in [0.4, 0.5) is 18.9 Å². The molecule has 0 aliphatic carbocycles. The Morgan fingerprint density at radius 2 is 1.89 bits per heavy atom. The monoisotopic (exact) mass is 403 g/mol. The number of amidine groups is 1. The molecular formula is C18H24F3N3O4. The van der Waals surface area contributed by atoms with Gasteiger partial charge in [0.15, 0.2) is 0 Å². The van der Waals surface area contributed by atoms with E-state index in [1.54, 1.807) is 24.3 Å². The van der Waals surface area contributed by atoms with Crippen LogP contribution in [-0.4, -0.2) is 41.2 Å². The van der Waals surface area contributed by atoms with Crippen LogP contribution in [-0.2, 0) is 14.3 Å². The van der Waals surface area contributed by atoms with Crippen molar-refractivity contribution in [3.05, 3.63) is 29.8 Å². The number of hydrogen-bond acceptors (Lipinski definition) is 5. The number of amides is 1. The molecule has 7 nitrogen and oxygen atoms in total. The molecule has 0 bridgehead atoms. The minimum absolute atomic E-state index is 0.0190. The summed E-state index contributed by atoms with van der Waals surface area (Å²) in [6.07, 6.45) is -3.24. The van der Waals surface area contributed by atoms with Crippen LogP contribution in [0.5, 0.6) is 0 Å². The van der Waals surface area contributed by atoms with E-state index in [-0.39, 0.29) is 37.6 Å². The van der Waals surface area contributed by atoms with Gasteiger partial charge in [-0.15, -0.1) is 0 Å². The summed E-state index contributed by atoms with van der Waals surface area (Å²) in [4.78, 5) is 23.4. The number of halogens is 3. The molecular weight excluding hydrogens is 379 g/mol. The van der Waals surface area contributed by atoms with E-state index in [0.717, 1.165) is 0 Å². The van der Waals surface area contributed by atoms with E-state index in [1.165, 1.54) is 0 Å². The predicted octanol–water partition coefficient (Wildman–Crippen LogP) is 2.71. The van der Waals surface area contributed by atoms with Crippen LogP contribution < -0.4 is 11.1 Å². The number of anilines is 1. The molecule has 1 heterocycles. The van der Waals surface area contributed by atoms with Gasteiger partial charge in [0.25, 0.3) is 0 Å². The Hall–Kier alpha value is -2.62. The Labute approximate surface area is 160 Å². The first kappa shape index (κ1) is 23.4. The standard InChI is InChI=1S/C16H21N3O4.C2H3F3/c17-16(18)10-1-3-11(4-2-10)19-14(21)8-7-13-6-5-12(20)9-15(22)23-13;1-2(3,4)5/h1-4,12-13,20H,5-9H2,(H3,17,18)(H,19,21);1H3. The summed E-state index contributed by atoms with van der Waals surface area (Å²) in [5, 5.41) is 19.6. The second-order valence-electron chi connectivity index (χ2n) is 6.41. The molecule has 1 saturated heterocycles. The number of cyclic esters (lactones) is 1. The number of aliphatic hydroxyl groups is 1. The smallest absolute Gasteiger partial charge is 0.386 e. The molecule has 0 spiro atoms. The van der Waals surface area contributed by atoms with Crippen molar-refractivity contribution in [2.45, 2.75) is 57.4 Å². The highest BCUT2D eigenvalue weighted by Gasteiger charge is 2.24. The molecule has 2 unspecified atom stereocenters. The highest BCUT2D eigenvalue weighted by Crippen LogP contribution is 2.19. The second kappa shape index (κ2) is 10.6. The van der Waals surface area contributed by atoms with Crippen LogP contribution in [0.2, 0.25) is 0 Å². The summed E-state index contributed by atoms with van der Waals surface area (Å²) in [6, 6.07) is 6.67. The van der Waals surface area contributed by atoms with Crippen molar-refractivity contribution < 1.29 is 32.6 Å². The minimum Gasteiger partial charge on any atom is -0.462 e. The molecule has 1 fully saturated rings. The van der Waals surface area contributed by atoms with Crippen LogP contribution in [0.1, 0.15) is 44.6 Å². The van der Waals surface area contributed by atoms with Crippen molar-refractivity contribution in [1.29, 1.82) is 5.41 Å². The molecule has 156 valence electrons. The van der Waals surface area contributed by atoms with Crippen molar-refractivity contribution in [2.24, 2.45) is 5.73 Å². The number of benzene rings is 1. The lowest BCUT2D eigenvalue weighted by Crippen LogP contribution is -2.19. The van der Waals surface area contributed by atoms with Gasteiger partial charge in [0.05, 0.1) is 12.5 Å². The van der Waals surface area contributed by atoms with Crippen LogP contribution in [0, 0.1) is 5.41 Å². The van der Waals surface area contributed by atoms with E-state index in [4.69, 9.17) is 15.9 Å². The van der Waals surface area contributed by atoms with Gasteiger partial charge in [-0.1, -0.05) is 0 Å². The zero-order valence-corrected chi connectivity index (χ0v) is 15.4. The molecule has 28 heavy (non-hydrogen) atoms. The maximum Gasteiger partial charge on any atom is 0.386 e. The van der Waals surface area contributed by atoms with Crippen molar-refractivity contribution in [3.8, 4) is 0 Å². The molecule has 5 N–H and O–H groups in total. The highest BCUT2D eigenvalue weighted by atomic mass is 19.4. The predicted molar refractivity (Wildman–Crippen MR) is 96.8 cm³/mol. The Morgan fingerprint density at radius 3 is 2.43 bits per heavy atom. The zero-order valence-electron chi connectivity index (χ0n) is 15.4. The third-order valence-corrected chi connectivity index (χ3v) is 3.70. The van der Waals surface area contributed by atoms with Crippen LogP contribution in [0.15, 0.2) is 24.3 Å². The average molecular weight is 403 g/mol. The van der Waals surface area contributed by atoms with Gasteiger partial charge >= 0.3 is 12.1 Å². The first-order chi connectivity index (χ1) is 12.9. The molecule has 1 aromatic carbocycles. The SMILES string of the molecule is CC(F)(F)F.N=C(N)c1ccc(NC(=O)CCC2CCC(O)CC(=O)O2)cc1. The molecule has 0 aromatic heterocycles. The zero-order chi connectivity index (χ0) is 21.3. The summed E-state index contributed by atoms with van der Waals surface area (Å²) in [6.45, 7) is 0.188. The summed E-state index contributed by atoms with van der Waals surface area (Å²) in [5.74, 6) is -0.623. The first-order valence-corrected chi connectivity index (χ1v) is 8.62. The summed E-state index contributed by atoms with van der Waals surface area (Å²) < 4.78 is 36.3. The molecule has 2 atom stereocenters. The number of aliphatic hydroxyl groups excluding tert-OH is 1. The molecule has 0 saturated carbocycles. The number of ether oxygens (including phenoxy) is 1. The molecule has 2 rings (SSSR count). The van der Waals surface area contributed by atoms with E-state index >= 15 is 0 Å². The number of rotatable bonds is 5. The lowest BCUT2D eigenvalue weighted by atomic mass is 10.1.